The molecule has 1 atom stereocenters. The third-order valence-electron chi connectivity index (χ3n) is 2.73. The highest BCUT2D eigenvalue weighted by Gasteiger charge is 2.22. The van der Waals surface area contributed by atoms with Crippen molar-refractivity contribution in [2.24, 2.45) is 0 Å². The first-order chi connectivity index (χ1) is 9.20. The van der Waals surface area contributed by atoms with Crippen LogP contribution in [-0.2, 0) is 9.59 Å². The predicted octanol–water partition coefficient (Wildman–Crippen LogP) is 2.79. The lowest BCUT2D eigenvalue weighted by atomic mass is 10.0. The van der Waals surface area contributed by atoms with Crippen LogP contribution in [0.1, 0.15) is 17.0 Å². The molecule has 3 nitrogen and oxygen atoms in total. The van der Waals surface area contributed by atoms with Crippen molar-refractivity contribution < 1.29 is 14.3 Å². The molecule has 0 saturated heterocycles. The topological polar surface area (TPSA) is 43.4 Å². The first-order valence-electron chi connectivity index (χ1n) is 5.91. The first-order valence-corrected chi connectivity index (χ1v) is 5.91. The van der Waals surface area contributed by atoms with E-state index in [2.05, 4.69) is 0 Å². The molecule has 0 aliphatic rings. The summed E-state index contributed by atoms with van der Waals surface area (Å²) in [5, 5.41) is 0. The van der Waals surface area contributed by atoms with Gasteiger partial charge in [0, 0.05) is 0 Å². The Morgan fingerprint density at radius 2 is 1.68 bits per heavy atom. The molecule has 3 heteroatoms. The number of carbonyl (C=O) groups excluding carboxylic acids is 2. The molecule has 0 saturated carbocycles. The van der Waals surface area contributed by atoms with Crippen LogP contribution in [0.2, 0.25) is 0 Å². The van der Waals surface area contributed by atoms with Crippen molar-refractivity contribution in [1.29, 1.82) is 0 Å². The zero-order valence-electron chi connectivity index (χ0n) is 10.5. The summed E-state index contributed by atoms with van der Waals surface area (Å²) in [7, 11) is 0. The third-order valence-corrected chi connectivity index (χ3v) is 2.73. The molecule has 2 rings (SSSR count). The largest absolute Gasteiger partial charge is 0.426 e. The molecule has 2 aromatic rings. The van der Waals surface area contributed by atoms with Gasteiger partial charge in [0.25, 0.3) is 0 Å². The average molecular weight is 253 g/mol. The molecule has 0 aromatic heterocycles. The van der Waals surface area contributed by atoms with Crippen molar-refractivity contribution in [3.63, 3.8) is 0 Å². The lowest BCUT2D eigenvalue weighted by Gasteiger charge is -2.10. The van der Waals surface area contributed by atoms with Crippen LogP contribution in [0.4, 0.5) is 0 Å². The molecule has 95 valence electrons. The molecule has 0 amide bonds. The third kappa shape index (κ3) is 3.28. The Morgan fingerprint density at radius 1 is 1.05 bits per heavy atom. The Balaban J connectivity index is 2.14. The van der Waals surface area contributed by atoms with Gasteiger partial charge in [0.05, 0.1) is 0 Å². The van der Waals surface area contributed by atoms with E-state index >= 15 is 0 Å². The van der Waals surface area contributed by atoms with E-state index in [1.165, 1.54) is 0 Å². The number of hydrogen-bond donors (Lipinski definition) is 0. The van der Waals surface area contributed by atoms with Crippen LogP contribution in [0.25, 0.3) is 0 Å². The van der Waals surface area contributed by atoms with Crippen LogP contribution in [0, 0.1) is 6.92 Å². The average Bonchev–Trinajstić information content (AvgIpc) is 2.43. The minimum atomic E-state index is -1.01. The number of carbonyl (C=O) groups is 1. The smallest absolute Gasteiger partial charge is 0.326 e. The number of aryl methyl sites for hydroxylation is 1. The molecule has 2 aromatic carbocycles. The van der Waals surface area contributed by atoms with Gasteiger partial charge in [-0.2, -0.15) is 0 Å². The van der Waals surface area contributed by atoms with E-state index in [0.717, 1.165) is 5.56 Å². The van der Waals surface area contributed by atoms with Gasteiger partial charge in [-0.3, -0.25) is 9.59 Å². The SMILES string of the molecule is Cc1ccc(OC(=O)C([C]=O)c2ccccc2)cc1. The maximum absolute atomic E-state index is 11.9. The number of esters is 1. The van der Waals surface area contributed by atoms with Crippen molar-refractivity contribution in [2.45, 2.75) is 12.8 Å². The van der Waals surface area contributed by atoms with E-state index in [4.69, 9.17) is 4.74 Å². The molecule has 0 heterocycles. The van der Waals surface area contributed by atoms with Gasteiger partial charge in [0.1, 0.15) is 11.7 Å². The molecule has 1 radical (unpaired) electrons. The van der Waals surface area contributed by atoms with Crippen molar-refractivity contribution >= 4 is 12.3 Å². The molecule has 0 aliphatic carbocycles. The highest BCUT2D eigenvalue weighted by Crippen LogP contribution is 2.18. The maximum atomic E-state index is 11.9. The van der Waals surface area contributed by atoms with Gasteiger partial charge in [-0.15, -0.1) is 0 Å². The van der Waals surface area contributed by atoms with E-state index in [9.17, 15) is 9.59 Å². The van der Waals surface area contributed by atoms with Crippen LogP contribution in [-0.4, -0.2) is 12.3 Å². The summed E-state index contributed by atoms with van der Waals surface area (Å²) in [6, 6.07) is 15.8. The van der Waals surface area contributed by atoms with E-state index in [-0.39, 0.29) is 0 Å². The van der Waals surface area contributed by atoms with E-state index < -0.39 is 11.9 Å². The highest BCUT2D eigenvalue weighted by molar-refractivity contribution is 5.95. The minimum Gasteiger partial charge on any atom is -0.426 e. The van der Waals surface area contributed by atoms with Gasteiger partial charge in [0.2, 0.25) is 6.29 Å². The van der Waals surface area contributed by atoms with Crippen molar-refractivity contribution in [3.05, 3.63) is 65.7 Å². The minimum absolute atomic E-state index is 0.423. The van der Waals surface area contributed by atoms with Crippen molar-refractivity contribution in [3.8, 4) is 5.75 Å². The summed E-state index contributed by atoms with van der Waals surface area (Å²) in [6.07, 6.45) is 1.73. The second-order valence-electron chi connectivity index (χ2n) is 4.20. The Morgan fingerprint density at radius 3 is 2.26 bits per heavy atom. The second-order valence-corrected chi connectivity index (χ2v) is 4.20. The van der Waals surface area contributed by atoms with Gasteiger partial charge < -0.3 is 4.74 Å². The Labute approximate surface area is 111 Å². The standard InChI is InChI=1S/C16H13O3/c1-12-7-9-14(10-8-12)19-16(18)15(11-17)13-5-3-2-4-6-13/h2-10,15H,1H3. The zero-order chi connectivity index (χ0) is 13.7. The van der Waals surface area contributed by atoms with Crippen LogP contribution in [0.5, 0.6) is 5.75 Å². The molecule has 0 spiro atoms. The quantitative estimate of drug-likeness (QED) is 0.478. The molecule has 0 aliphatic heterocycles. The Hall–Kier alpha value is -2.42. The summed E-state index contributed by atoms with van der Waals surface area (Å²) in [6.45, 7) is 1.94. The Kier molecular flexibility index (Phi) is 4.08. The zero-order valence-corrected chi connectivity index (χ0v) is 10.5. The van der Waals surface area contributed by atoms with Gasteiger partial charge >= 0.3 is 5.97 Å². The van der Waals surface area contributed by atoms with Crippen LogP contribution in [0.3, 0.4) is 0 Å². The molecule has 0 N–H and O–H groups in total. The lowest BCUT2D eigenvalue weighted by Crippen LogP contribution is -2.19. The predicted molar refractivity (Wildman–Crippen MR) is 71.7 cm³/mol. The fraction of sp³-hybridized carbons (Fsp3) is 0.125. The lowest BCUT2D eigenvalue weighted by molar-refractivity contribution is -0.134. The molecule has 0 fully saturated rings. The summed E-state index contributed by atoms with van der Waals surface area (Å²) >= 11 is 0. The van der Waals surface area contributed by atoms with E-state index in [1.54, 1.807) is 42.7 Å². The normalized spacial score (nSPS) is 11.6. The number of ether oxygens (including phenoxy) is 1. The highest BCUT2D eigenvalue weighted by atomic mass is 16.5. The summed E-state index contributed by atoms with van der Waals surface area (Å²) in [4.78, 5) is 22.9. The Bertz CT molecular complexity index is 558. The molecule has 0 bridgehead atoms. The van der Waals surface area contributed by atoms with Crippen molar-refractivity contribution in [2.75, 3.05) is 0 Å². The van der Waals surface area contributed by atoms with E-state index in [0.29, 0.717) is 11.3 Å². The maximum Gasteiger partial charge on any atom is 0.326 e. The van der Waals surface area contributed by atoms with Gasteiger partial charge in [-0.25, -0.2) is 0 Å². The van der Waals surface area contributed by atoms with Crippen LogP contribution in [0.15, 0.2) is 54.6 Å². The molecular formula is C16H13O3. The van der Waals surface area contributed by atoms with Gasteiger partial charge in [-0.1, -0.05) is 48.0 Å². The molecule has 19 heavy (non-hydrogen) atoms. The van der Waals surface area contributed by atoms with E-state index in [1.807, 2.05) is 25.1 Å². The number of rotatable bonds is 4. The van der Waals surface area contributed by atoms with Gasteiger partial charge in [0.15, 0.2) is 0 Å². The summed E-state index contributed by atoms with van der Waals surface area (Å²) in [5.74, 6) is -1.21. The molecular weight excluding hydrogens is 240 g/mol. The fourth-order valence-corrected chi connectivity index (χ4v) is 1.68. The first kappa shape index (κ1) is 13.0. The van der Waals surface area contributed by atoms with Crippen LogP contribution >= 0.6 is 0 Å². The summed E-state index contributed by atoms with van der Waals surface area (Å²) < 4.78 is 5.18. The fourth-order valence-electron chi connectivity index (χ4n) is 1.68. The monoisotopic (exact) mass is 253 g/mol. The van der Waals surface area contributed by atoms with Crippen LogP contribution < -0.4 is 4.74 Å². The van der Waals surface area contributed by atoms with Crippen molar-refractivity contribution in [1.82, 2.24) is 0 Å². The number of hydrogen-bond acceptors (Lipinski definition) is 3. The summed E-state index contributed by atoms with van der Waals surface area (Å²) in [5.41, 5.74) is 1.65. The molecule has 1 unspecified atom stereocenters. The van der Waals surface area contributed by atoms with Gasteiger partial charge in [-0.05, 0) is 24.6 Å². The number of benzene rings is 2. The second kappa shape index (κ2) is 5.96.